The molecule has 1 aromatic carbocycles. The molecule has 5 heteroatoms. The highest BCUT2D eigenvalue weighted by Crippen LogP contribution is 2.05. The predicted octanol–water partition coefficient (Wildman–Crippen LogP) is 1.34. The molecule has 0 radical (unpaired) electrons. The van der Waals surface area contributed by atoms with Crippen molar-refractivity contribution in [2.45, 2.75) is 19.4 Å². The number of nitrogens with one attached hydrogen (secondary N) is 1. The Morgan fingerprint density at radius 1 is 1.31 bits per heavy atom. The summed E-state index contributed by atoms with van der Waals surface area (Å²) in [4.78, 5) is 10.8. The second-order valence-corrected chi connectivity index (χ2v) is 3.50. The molecule has 1 N–H and O–H groups in total. The Hall–Kier alpha value is -1.91. The molecular weight excluding hydrogens is 209 g/mol. The number of hydrogen-bond acceptors (Lipinski definition) is 2. The average Bonchev–Trinajstić information content (AvgIpc) is 2.87. The molecular formula is C11H12FN3O. The van der Waals surface area contributed by atoms with Gasteiger partial charge in [-0.2, -0.15) is 5.10 Å². The lowest BCUT2D eigenvalue weighted by atomic mass is 10.4. The third-order valence-electron chi connectivity index (χ3n) is 2.35. The lowest BCUT2D eigenvalue weighted by Crippen LogP contribution is -2.14. The fourth-order valence-electron chi connectivity index (χ4n) is 1.58. The number of halogens is 1. The highest BCUT2D eigenvalue weighted by molar-refractivity contribution is 5.02. The van der Waals surface area contributed by atoms with Crippen molar-refractivity contribution in [2.75, 3.05) is 0 Å². The topological polar surface area (TPSA) is 50.7 Å². The molecule has 2 aromatic rings. The zero-order valence-corrected chi connectivity index (χ0v) is 8.69. The standard InChI is InChI=1S/C6H5F.C5H7N3O/c7-6-4-2-1-3-5-6;9-5-7-6-4-2-1-3-8(4)5/h1-5H;1-3H2,(H,7,9). The molecule has 1 aliphatic rings. The van der Waals surface area contributed by atoms with E-state index < -0.39 is 0 Å². The van der Waals surface area contributed by atoms with Gasteiger partial charge in [-0.05, 0) is 18.6 Å². The van der Waals surface area contributed by atoms with Crippen LogP contribution in [0, 0.1) is 5.82 Å². The summed E-state index contributed by atoms with van der Waals surface area (Å²) < 4.78 is 13.6. The molecule has 0 atom stereocenters. The maximum atomic E-state index is 11.9. The van der Waals surface area contributed by atoms with E-state index in [0.29, 0.717) is 0 Å². The quantitative estimate of drug-likeness (QED) is 0.730. The number of fused-ring (bicyclic) bond motifs is 1. The van der Waals surface area contributed by atoms with Crippen molar-refractivity contribution < 1.29 is 4.39 Å². The minimum Gasteiger partial charge on any atom is -0.279 e. The molecule has 1 aromatic heterocycles. The molecule has 0 spiro atoms. The Balaban J connectivity index is 0.000000125. The van der Waals surface area contributed by atoms with Gasteiger partial charge >= 0.3 is 5.69 Å². The number of rotatable bonds is 0. The van der Waals surface area contributed by atoms with Gasteiger partial charge in [-0.1, -0.05) is 18.2 Å². The summed E-state index contributed by atoms with van der Waals surface area (Å²) in [5.74, 6) is 0.725. The maximum Gasteiger partial charge on any atom is 0.343 e. The summed E-state index contributed by atoms with van der Waals surface area (Å²) in [6, 6.07) is 7.94. The zero-order chi connectivity index (χ0) is 11.4. The Morgan fingerprint density at radius 2 is 2.06 bits per heavy atom. The van der Waals surface area contributed by atoms with E-state index in [1.54, 1.807) is 22.8 Å². The molecule has 0 saturated carbocycles. The largest absolute Gasteiger partial charge is 0.343 e. The van der Waals surface area contributed by atoms with Gasteiger partial charge in [0.15, 0.2) is 0 Å². The van der Waals surface area contributed by atoms with E-state index in [4.69, 9.17) is 0 Å². The van der Waals surface area contributed by atoms with Crippen LogP contribution in [0.2, 0.25) is 0 Å². The third-order valence-corrected chi connectivity index (χ3v) is 2.35. The Morgan fingerprint density at radius 3 is 2.62 bits per heavy atom. The molecule has 0 saturated heterocycles. The Bertz CT molecular complexity index is 503. The Labute approximate surface area is 91.7 Å². The zero-order valence-electron chi connectivity index (χ0n) is 8.69. The molecule has 3 rings (SSSR count). The first-order valence-electron chi connectivity index (χ1n) is 5.12. The van der Waals surface area contributed by atoms with Crippen molar-refractivity contribution in [1.82, 2.24) is 14.8 Å². The van der Waals surface area contributed by atoms with Crippen molar-refractivity contribution >= 4 is 0 Å². The summed E-state index contributed by atoms with van der Waals surface area (Å²) in [5, 5.41) is 6.22. The number of aryl methyl sites for hydroxylation is 1. The summed E-state index contributed by atoms with van der Waals surface area (Å²) in [6.07, 6.45) is 2.00. The van der Waals surface area contributed by atoms with Crippen molar-refractivity contribution in [2.24, 2.45) is 0 Å². The van der Waals surface area contributed by atoms with Crippen LogP contribution in [0.1, 0.15) is 12.2 Å². The van der Waals surface area contributed by atoms with Crippen molar-refractivity contribution in [3.63, 3.8) is 0 Å². The number of H-pyrrole nitrogens is 1. The van der Waals surface area contributed by atoms with Gasteiger partial charge in [-0.3, -0.25) is 4.57 Å². The van der Waals surface area contributed by atoms with E-state index in [0.717, 1.165) is 25.2 Å². The summed E-state index contributed by atoms with van der Waals surface area (Å²) >= 11 is 0. The lowest BCUT2D eigenvalue weighted by molar-refractivity contribution is 0.628. The van der Waals surface area contributed by atoms with Crippen LogP contribution in [0.5, 0.6) is 0 Å². The van der Waals surface area contributed by atoms with E-state index in [1.165, 1.54) is 12.1 Å². The number of aromatic nitrogens is 3. The molecule has 16 heavy (non-hydrogen) atoms. The van der Waals surface area contributed by atoms with E-state index in [2.05, 4.69) is 10.2 Å². The van der Waals surface area contributed by atoms with Gasteiger partial charge in [0.25, 0.3) is 0 Å². The van der Waals surface area contributed by atoms with E-state index in [1.807, 2.05) is 0 Å². The van der Waals surface area contributed by atoms with E-state index >= 15 is 0 Å². The molecule has 4 nitrogen and oxygen atoms in total. The third kappa shape index (κ3) is 2.36. The van der Waals surface area contributed by atoms with Crippen LogP contribution in [0.25, 0.3) is 0 Å². The van der Waals surface area contributed by atoms with Gasteiger partial charge in [0, 0.05) is 13.0 Å². The van der Waals surface area contributed by atoms with Gasteiger partial charge in [0.05, 0.1) is 0 Å². The molecule has 0 unspecified atom stereocenters. The second-order valence-electron chi connectivity index (χ2n) is 3.50. The SMILES string of the molecule is Fc1ccccc1.O=c1[nH]nc2n1CCC2. The smallest absolute Gasteiger partial charge is 0.279 e. The molecule has 0 amide bonds. The Kier molecular flexibility index (Phi) is 3.14. The van der Waals surface area contributed by atoms with Crippen LogP contribution in [0.15, 0.2) is 35.1 Å². The van der Waals surface area contributed by atoms with E-state index in [-0.39, 0.29) is 11.5 Å². The van der Waals surface area contributed by atoms with Crippen LogP contribution >= 0.6 is 0 Å². The minimum atomic E-state index is -0.178. The fraction of sp³-hybridized carbons (Fsp3) is 0.273. The van der Waals surface area contributed by atoms with Gasteiger partial charge in [0.1, 0.15) is 11.6 Å². The molecule has 84 valence electrons. The van der Waals surface area contributed by atoms with Crippen LogP contribution in [-0.2, 0) is 13.0 Å². The predicted molar refractivity (Wildman–Crippen MR) is 57.6 cm³/mol. The first kappa shape index (κ1) is 10.6. The van der Waals surface area contributed by atoms with Crippen LogP contribution in [0.3, 0.4) is 0 Å². The molecule has 0 aliphatic carbocycles. The number of nitrogens with zero attached hydrogens (tertiary/aromatic N) is 2. The number of benzene rings is 1. The van der Waals surface area contributed by atoms with Gasteiger partial charge in [0.2, 0.25) is 0 Å². The molecule has 2 heterocycles. The number of aromatic amines is 1. The summed E-state index contributed by atoms with van der Waals surface area (Å²) in [6.45, 7) is 0.838. The van der Waals surface area contributed by atoms with Crippen LogP contribution < -0.4 is 5.69 Å². The highest BCUT2D eigenvalue weighted by atomic mass is 19.1. The number of hydrogen-bond donors (Lipinski definition) is 1. The summed E-state index contributed by atoms with van der Waals surface area (Å²) in [5.41, 5.74) is -0.0671. The monoisotopic (exact) mass is 221 g/mol. The minimum absolute atomic E-state index is 0.0671. The molecule has 0 bridgehead atoms. The van der Waals surface area contributed by atoms with Gasteiger partial charge < -0.3 is 0 Å². The normalized spacial score (nSPS) is 12.8. The van der Waals surface area contributed by atoms with Crippen molar-refractivity contribution in [1.29, 1.82) is 0 Å². The first-order chi connectivity index (χ1) is 7.77. The first-order valence-corrected chi connectivity index (χ1v) is 5.12. The average molecular weight is 221 g/mol. The molecule has 0 fully saturated rings. The van der Waals surface area contributed by atoms with Crippen molar-refractivity contribution in [3.05, 3.63) is 52.5 Å². The maximum absolute atomic E-state index is 11.9. The van der Waals surface area contributed by atoms with Crippen LogP contribution in [-0.4, -0.2) is 14.8 Å². The van der Waals surface area contributed by atoms with Gasteiger partial charge in [-0.15, -0.1) is 0 Å². The van der Waals surface area contributed by atoms with Gasteiger partial charge in [-0.25, -0.2) is 14.3 Å². The van der Waals surface area contributed by atoms with Crippen molar-refractivity contribution in [3.8, 4) is 0 Å². The van der Waals surface area contributed by atoms with E-state index in [9.17, 15) is 9.18 Å². The second kappa shape index (κ2) is 4.74. The lowest BCUT2D eigenvalue weighted by Gasteiger charge is -1.85. The highest BCUT2D eigenvalue weighted by Gasteiger charge is 2.13. The summed E-state index contributed by atoms with van der Waals surface area (Å²) in [7, 11) is 0. The fourth-order valence-corrected chi connectivity index (χ4v) is 1.58. The van der Waals surface area contributed by atoms with Crippen LogP contribution in [0.4, 0.5) is 4.39 Å². The molecule has 1 aliphatic heterocycles.